The molecule has 0 aromatic heterocycles. The molecule has 1 aliphatic heterocycles. The number of ether oxygens (including phenoxy) is 1. The lowest BCUT2D eigenvalue weighted by Gasteiger charge is -2.38. The average molecular weight is 341 g/mol. The number of nitroso groups, excluding NO2 is 1. The molecule has 23 heavy (non-hydrogen) atoms. The summed E-state index contributed by atoms with van der Waals surface area (Å²) in [7, 11) is -4.51. The Morgan fingerprint density at radius 2 is 1.96 bits per heavy atom. The average Bonchev–Trinajstić information content (AvgIpc) is 2.49. The monoisotopic (exact) mass is 341 g/mol. The van der Waals surface area contributed by atoms with E-state index in [4.69, 9.17) is 9.26 Å². The van der Waals surface area contributed by atoms with Gasteiger partial charge in [0, 0.05) is 5.56 Å². The molecule has 0 saturated carbocycles. The molecule has 2 rings (SSSR count). The van der Waals surface area contributed by atoms with Gasteiger partial charge in [0.05, 0.1) is 4.95 Å². The molecule has 2 unspecified atom stereocenters. The molecule has 1 aliphatic rings. The second kappa shape index (κ2) is 6.25. The van der Waals surface area contributed by atoms with Crippen LogP contribution in [0.5, 0.6) is 11.5 Å². The molecule has 0 spiro atoms. The van der Waals surface area contributed by atoms with Crippen LogP contribution in [0.3, 0.4) is 0 Å². The van der Waals surface area contributed by atoms with Gasteiger partial charge in [-0.2, -0.15) is 0 Å². The molecule has 1 aromatic carbocycles. The van der Waals surface area contributed by atoms with Crippen LogP contribution in [0.2, 0.25) is 0 Å². The van der Waals surface area contributed by atoms with Crippen molar-refractivity contribution in [2.75, 3.05) is 0 Å². The van der Waals surface area contributed by atoms with Crippen LogP contribution in [0.15, 0.2) is 4.95 Å². The summed E-state index contributed by atoms with van der Waals surface area (Å²) in [5.41, 5.74) is 3.08. The lowest BCUT2D eigenvalue weighted by atomic mass is 9.85. The van der Waals surface area contributed by atoms with Gasteiger partial charge in [0.2, 0.25) is 0 Å². The van der Waals surface area contributed by atoms with E-state index in [1.54, 1.807) is 6.92 Å². The second-order valence-electron chi connectivity index (χ2n) is 6.48. The van der Waals surface area contributed by atoms with Crippen LogP contribution < -0.4 is 9.26 Å². The fraction of sp³-hybridized carbons (Fsp3) is 0.625. The third-order valence-electron chi connectivity index (χ3n) is 4.66. The first kappa shape index (κ1) is 18.0. The summed E-state index contributed by atoms with van der Waals surface area (Å²) in [6.45, 7) is 9.76. The smallest absolute Gasteiger partial charge is 0.487 e. The van der Waals surface area contributed by atoms with Crippen LogP contribution in [0, 0.1) is 25.7 Å². The molecule has 6 nitrogen and oxygen atoms in total. The molecule has 0 amide bonds. The molecule has 1 N–H and O–H groups in total. The third kappa shape index (κ3) is 3.43. The van der Waals surface area contributed by atoms with Gasteiger partial charge in [-0.3, -0.25) is 4.89 Å². The topological polar surface area (TPSA) is 85.2 Å². The summed E-state index contributed by atoms with van der Waals surface area (Å²) in [6.07, 6.45) is 3.70. The fourth-order valence-corrected chi connectivity index (χ4v) is 3.80. The normalized spacial score (nSPS) is 22.7. The van der Waals surface area contributed by atoms with Crippen LogP contribution in [0.25, 0.3) is 0 Å². The van der Waals surface area contributed by atoms with E-state index in [1.165, 1.54) is 0 Å². The van der Waals surface area contributed by atoms with Crippen molar-refractivity contribution < 1.29 is 18.7 Å². The number of benzene rings is 1. The fourth-order valence-electron chi connectivity index (χ4n) is 3.26. The summed E-state index contributed by atoms with van der Waals surface area (Å²) in [6, 6.07) is 0. The molecular weight excluding hydrogens is 317 g/mol. The zero-order valence-electron chi connectivity index (χ0n) is 14.3. The summed E-state index contributed by atoms with van der Waals surface area (Å²) >= 11 is 0. The largest absolute Gasteiger partial charge is 0.541 e. The van der Waals surface area contributed by atoms with Crippen molar-refractivity contribution in [2.24, 2.45) is 4.95 Å². The number of nitrogens with zero attached hydrogens (tertiary/aromatic N) is 1. The van der Waals surface area contributed by atoms with E-state index in [-0.39, 0.29) is 11.4 Å². The summed E-state index contributed by atoms with van der Waals surface area (Å²) in [4.78, 5) is 22.1. The van der Waals surface area contributed by atoms with E-state index in [2.05, 4.69) is 18.8 Å². The molecule has 0 radical (unpaired) electrons. The molecule has 0 aliphatic carbocycles. The molecule has 1 heterocycles. The molecule has 128 valence electrons. The van der Waals surface area contributed by atoms with Gasteiger partial charge in [-0.1, -0.05) is 13.3 Å². The van der Waals surface area contributed by atoms with Crippen molar-refractivity contribution in [1.29, 1.82) is 0 Å². The maximum atomic E-state index is 11.5. The number of hydrogen-bond donors (Lipinski definition) is 1. The van der Waals surface area contributed by atoms with E-state index < -0.39 is 7.75 Å². The predicted octanol–water partition coefficient (Wildman–Crippen LogP) is 4.74. The Hall–Kier alpha value is -1.39. The Bertz CT molecular complexity index is 688. The van der Waals surface area contributed by atoms with Gasteiger partial charge in [0.1, 0.15) is 17.1 Å². The van der Waals surface area contributed by atoms with E-state index in [9.17, 15) is 14.4 Å². The SMILES string of the molecule is CCCC1(C)CCc2c(C)c(OP(=O)(O)N=O)c(C)c(C)c2O1. The van der Waals surface area contributed by atoms with Gasteiger partial charge in [0.25, 0.3) is 0 Å². The molecule has 0 bridgehead atoms. The van der Waals surface area contributed by atoms with Crippen molar-refractivity contribution >= 4 is 7.75 Å². The number of fused-ring (bicyclic) bond motifs is 1. The Morgan fingerprint density at radius 3 is 2.52 bits per heavy atom. The molecule has 2 atom stereocenters. The van der Waals surface area contributed by atoms with Gasteiger partial charge in [0.15, 0.2) is 0 Å². The molecule has 0 saturated heterocycles. The first-order valence-corrected chi connectivity index (χ1v) is 9.36. The van der Waals surface area contributed by atoms with E-state index in [1.807, 2.05) is 13.8 Å². The zero-order valence-corrected chi connectivity index (χ0v) is 15.2. The molecule has 0 fully saturated rings. The second-order valence-corrected chi connectivity index (χ2v) is 7.80. The third-order valence-corrected chi connectivity index (χ3v) is 5.28. The summed E-state index contributed by atoms with van der Waals surface area (Å²) in [5, 5.41) is 0. The maximum Gasteiger partial charge on any atom is 0.541 e. The number of hydrogen-bond acceptors (Lipinski definition) is 4. The van der Waals surface area contributed by atoms with Gasteiger partial charge < -0.3 is 9.26 Å². The summed E-state index contributed by atoms with van der Waals surface area (Å²) in [5.74, 6) is 1.09. The summed E-state index contributed by atoms with van der Waals surface area (Å²) < 4.78 is 22.9. The molecule has 1 aromatic rings. The van der Waals surface area contributed by atoms with Gasteiger partial charge in [-0.05, 0) is 63.6 Å². The first-order valence-electron chi connectivity index (χ1n) is 7.83. The van der Waals surface area contributed by atoms with Crippen molar-refractivity contribution in [2.45, 2.75) is 65.9 Å². The van der Waals surface area contributed by atoms with Crippen molar-refractivity contribution in [3.05, 3.63) is 27.2 Å². The highest BCUT2D eigenvalue weighted by Crippen LogP contribution is 2.50. The predicted molar refractivity (Wildman–Crippen MR) is 89.2 cm³/mol. The van der Waals surface area contributed by atoms with Crippen LogP contribution in [0.4, 0.5) is 0 Å². The lowest BCUT2D eigenvalue weighted by Crippen LogP contribution is -2.36. The van der Waals surface area contributed by atoms with Crippen LogP contribution >= 0.6 is 7.75 Å². The zero-order chi connectivity index (χ0) is 17.4. The van der Waals surface area contributed by atoms with E-state index in [0.717, 1.165) is 48.1 Å². The first-order chi connectivity index (χ1) is 10.6. The van der Waals surface area contributed by atoms with Crippen molar-refractivity contribution in [3.8, 4) is 11.5 Å². The minimum atomic E-state index is -4.51. The highest BCUT2D eigenvalue weighted by molar-refractivity contribution is 7.51. The highest BCUT2D eigenvalue weighted by atomic mass is 31.2. The Balaban J connectivity index is 2.52. The Labute approximate surface area is 136 Å². The quantitative estimate of drug-likeness (QED) is 0.617. The van der Waals surface area contributed by atoms with E-state index >= 15 is 0 Å². The Morgan fingerprint density at radius 1 is 1.30 bits per heavy atom. The van der Waals surface area contributed by atoms with E-state index in [0.29, 0.717) is 5.56 Å². The van der Waals surface area contributed by atoms with Crippen LogP contribution in [0.1, 0.15) is 55.4 Å². The minimum absolute atomic E-state index is 0.190. The highest BCUT2D eigenvalue weighted by Gasteiger charge is 2.35. The lowest BCUT2D eigenvalue weighted by molar-refractivity contribution is 0.0542. The number of rotatable bonds is 5. The Kier molecular flexibility index (Phi) is 4.88. The maximum absolute atomic E-state index is 11.5. The van der Waals surface area contributed by atoms with Crippen LogP contribution in [-0.4, -0.2) is 10.5 Å². The molecular formula is C16H24NO5P. The minimum Gasteiger partial charge on any atom is -0.487 e. The van der Waals surface area contributed by atoms with Crippen molar-refractivity contribution in [1.82, 2.24) is 0 Å². The van der Waals surface area contributed by atoms with Gasteiger partial charge >= 0.3 is 7.75 Å². The molecule has 7 heteroatoms. The van der Waals surface area contributed by atoms with Crippen LogP contribution in [-0.2, 0) is 11.0 Å². The van der Waals surface area contributed by atoms with Gasteiger partial charge in [-0.25, -0.2) is 4.57 Å². The van der Waals surface area contributed by atoms with Gasteiger partial charge in [-0.15, -0.1) is 4.91 Å². The standard InChI is InChI=1S/C16H24NO5P/c1-6-8-16(5)9-7-13-12(4)14(22-23(19,20)17-18)10(2)11(3)15(13)21-16/h6-9H2,1-5H3,(H,19,20). The van der Waals surface area contributed by atoms with Crippen molar-refractivity contribution in [3.63, 3.8) is 0 Å².